The molecular formula is C29H25FN6O2S. The summed E-state index contributed by atoms with van der Waals surface area (Å²) in [6, 6.07) is 11.0. The van der Waals surface area contributed by atoms with Crippen LogP contribution in [0.25, 0.3) is 32.1 Å². The van der Waals surface area contributed by atoms with Gasteiger partial charge in [0.1, 0.15) is 23.8 Å². The van der Waals surface area contributed by atoms with Crippen LogP contribution in [0, 0.1) is 28.5 Å². The molecule has 1 saturated heterocycles. The Bertz CT molecular complexity index is 1720. The Morgan fingerprint density at radius 1 is 1.28 bits per heavy atom. The number of carbonyl (C=O) groups excluding carboxylic acids is 1. The number of halogens is 1. The molecule has 10 heteroatoms. The molecule has 0 bridgehead atoms. The number of anilines is 1. The van der Waals surface area contributed by atoms with Crippen molar-refractivity contribution >= 4 is 44.1 Å². The van der Waals surface area contributed by atoms with Crippen molar-refractivity contribution in [2.45, 2.75) is 32.4 Å². The zero-order chi connectivity index (χ0) is 27.8. The molecule has 0 spiro atoms. The number of nitrogens with zero attached hydrogens (tertiary/aromatic N) is 6. The molecule has 3 heterocycles. The minimum atomic E-state index is -0.418. The van der Waals surface area contributed by atoms with Gasteiger partial charge < -0.3 is 14.5 Å². The van der Waals surface area contributed by atoms with E-state index in [2.05, 4.69) is 33.6 Å². The van der Waals surface area contributed by atoms with Gasteiger partial charge in [-0.2, -0.15) is 20.5 Å². The molecule has 5 rings (SSSR count). The Balaban J connectivity index is 1.73. The predicted molar refractivity (Wildman–Crippen MR) is 149 cm³/mol. The van der Waals surface area contributed by atoms with E-state index >= 15 is 0 Å². The maximum absolute atomic E-state index is 14.6. The van der Waals surface area contributed by atoms with Gasteiger partial charge in [-0.3, -0.25) is 4.79 Å². The largest absolute Gasteiger partial charge is 0.467 e. The van der Waals surface area contributed by atoms with Gasteiger partial charge in [-0.15, -0.1) is 11.3 Å². The van der Waals surface area contributed by atoms with Gasteiger partial charge in [-0.05, 0) is 44.0 Å². The first-order chi connectivity index (χ1) is 18.9. The van der Waals surface area contributed by atoms with Crippen molar-refractivity contribution in [1.29, 1.82) is 10.5 Å². The molecular weight excluding hydrogens is 515 g/mol. The zero-order valence-electron chi connectivity index (χ0n) is 21.7. The van der Waals surface area contributed by atoms with Crippen LogP contribution >= 0.6 is 11.3 Å². The van der Waals surface area contributed by atoms with Crippen LogP contribution < -0.4 is 9.64 Å². The number of carbonyl (C=O) groups is 1. The summed E-state index contributed by atoms with van der Waals surface area (Å²) in [6.45, 7) is 8.85. The van der Waals surface area contributed by atoms with Crippen LogP contribution in [-0.4, -0.2) is 53.1 Å². The van der Waals surface area contributed by atoms with E-state index in [1.54, 1.807) is 22.4 Å². The number of rotatable bonds is 6. The van der Waals surface area contributed by atoms with Crippen LogP contribution in [0.1, 0.15) is 31.4 Å². The lowest BCUT2D eigenvalue weighted by atomic mass is 9.93. The van der Waals surface area contributed by atoms with E-state index in [4.69, 9.17) is 4.74 Å². The van der Waals surface area contributed by atoms with E-state index in [-0.39, 0.29) is 29.6 Å². The summed E-state index contributed by atoms with van der Waals surface area (Å²) in [4.78, 5) is 25.6. The average molecular weight is 541 g/mol. The van der Waals surface area contributed by atoms with E-state index < -0.39 is 5.82 Å². The van der Waals surface area contributed by atoms with Crippen molar-refractivity contribution in [1.82, 2.24) is 14.9 Å². The number of benzene rings is 2. The Hall–Kier alpha value is -4.54. The standard InChI is InChI=1S/C29H25FN6O2S/c1-5-24(37)36-12-11-23(16(36)3)35(6-2)28-20-8-7-18(21(14-32)26(20)33-29(34-28)38-4)19-9-10-22(30)27-25(19)17(13-31)15-39-27/h5,7-10,15-16,23H,1,6,11-12H2,2-4H3. The van der Waals surface area contributed by atoms with Crippen molar-refractivity contribution in [2.24, 2.45) is 0 Å². The molecule has 2 atom stereocenters. The van der Waals surface area contributed by atoms with Crippen LogP contribution in [0.15, 0.2) is 42.3 Å². The summed E-state index contributed by atoms with van der Waals surface area (Å²) >= 11 is 1.16. The molecule has 2 unspecified atom stereocenters. The molecule has 0 saturated carbocycles. The Morgan fingerprint density at radius 3 is 2.72 bits per heavy atom. The molecule has 4 aromatic rings. The number of hydrogen-bond donors (Lipinski definition) is 0. The Labute approximate surface area is 229 Å². The fourth-order valence-corrected chi connectivity index (χ4v) is 6.46. The van der Waals surface area contributed by atoms with Gasteiger partial charge in [0, 0.05) is 40.8 Å². The number of fused-ring (bicyclic) bond motifs is 2. The number of ether oxygens (including phenoxy) is 1. The summed E-state index contributed by atoms with van der Waals surface area (Å²) in [6.07, 6.45) is 2.07. The number of nitriles is 2. The van der Waals surface area contributed by atoms with Crippen molar-refractivity contribution in [3.63, 3.8) is 0 Å². The number of hydrogen-bond acceptors (Lipinski definition) is 8. The summed E-state index contributed by atoms with van der Waals surface area (Å²) in [7, 11) is 1.47. The van der Waals surface area contributed by atoms with Crippen LogP contribution in [-0.2, 0) is 4.79 Å². The van der Waals surface area contributed by atoms with Crippen LogP contribution in [0.3, 0.4) is 0 Å². The number of likely N-dealkylation sites (N-methyl/N-ethyl adjacent to an activating group) is 1. The number of likely N-dealkylation sites (tertiary alicyclic amines) is 1. The third-order valence-corrected chi connectivity index (χ3v) is 8.38. The molecule has 196 valence electrons. The average Bonchev–Trinajstić information content (AvgIpc) is 3.57. The molecule has 39 heavy (non-hydrogen) atoms. The molecule has 2 aromatic heterocycles. The lowest BCUT2D eigenvalue weighted by Gasteiger charge is -2.34. The number of methoxy groups -OCH3 is 1. The number of thiophene rings is 1. The second-order valence-electron chi connectivity index (χ2n) is 9.21. The highest BCUT2D eigenvalue weighted by Gasteiger charge is 2.37. The van der Waals surface area contributed by atoms with Crippen molar-refractivity contribution < 1.29 is 13.9 Å². The molecule has 1 amide bonds. The maximum Gasteiger partial charge on any atom is 0.318 e. The molecule has 0 N–H and O–H groups in total. The summed E-state index contributed by atoms with van der Waals surface area (Å²) in [5, 5.41) is 22.8. The van der Waals surface area contributed by atoms with E-state index in [1.807, 2.05) is 19.9 Å². The van der Waals surface area contributed by atoms with Crippen molar-refractivity contribution in [3.8, 4) is 29.3 Å². The summed E-state index contributed by atoms with van der Waals surface area (Å²) in [5.74, 6) is 0.0714. The molecule has 8 nitrogen and oxygen atoms in total. The zero-order valence-corrected chi connectivity index (χ0v) is 22.5. The first-order valence-electron chi connectivity index (χ1n) is 12.5. The van der Waals surface area contributed by atoms with E-state index in [9.17, 15) is 19.7 Å². The summed E-state index contributed by atoms with van der Waals surface area (Å²) in [5.41, 5.74) is 2.14. The van der Waals surface area contributed by atoms with Crippen molar-refractivity contribution in [2.75, 3.05) is 25.1 Å². The van der Waals surface area contributed by atoms with Gasteiger partial charge in [0.25, 0.3) is 0 Å². The summed E-state index contributed by atoms with van der Waals surface area (Å²) < 4.78 is 20.4. The maximum atomic E-state index is 14.6. The van der Waals surface area contributed by atoms with E-state index in [0.717, 1.165) is 17.8 Å². The van der Waals surface area contributed by atoms with Crippen LogP contribution in [0.2, 0.25) is 0 Å². The highest BCUT2D eigenvalue weighted by molar-refractivity contribution is 7.17. The van der Waals surface area contributed by atoms with Gasteiger partial charge in [-0.1, -0.05) is 18.7 Å². The van der Waals surface area contributed by atoms with E-state index in [1.165, 1.54) is 19.3 Å². The Kier molecular flexibility index (Phi) is 6.90. The van der Waals surface area contributed by atoms with Gasteiger partial charge in [0.05, 0.1) is 34.5 Å². The monoisotopic (exact) mass is 540 g/mol. The highest BCUT2D eigenvalue weighted by Crippen LogP contribution is 2.41. The quantitative estimate of drug-likeness (QED) is 0.301. The third kappa shape index (κ3) is 4.14. The molecule has 1 aliphatic heterocycles. The van der Waals surface area contributed by atoms with E-state index in [0.29, 0.717) is 56.6 Å². The minimum absolute atomic E-state index is 0.0207. The third-order valence-electron chi connectivity index (χ3n) is 7.39. The second-order valence-corrected chi connectivity index (χ2v) is 10.1. The SMILES string of the molecule is C=CC(=O)N1CCC(N(CC)c2nc(OC)nc3c(C#N)c(-c4ccc(F)c5scc(C#N)c45)ccc23)C1C. The minimum Gasteiger partial charge on any atom is -0.467 e. The molecule has 0 aliphatic carbocycles. The fraction of sp³-hybridized carbons (Fsp3) is 0.276. The molecule has 1 fully saturated rings. The first kappa shape index (κ1) is 26.1. The number of aromatic nitrogens is 2. The highest BCUT2D eigenvalue weighted by atomic mass is 32.1. The molecule has 0 radical (unpaired) electrons. The van der Waals surface area contributed by atoms with Crippen LogP contribution in [0.5, 0.6) is 6.01 Å². The normalized spacial score (nSPS) is 16.7. The van der Waals surface area contributed by atoms with Crippen LogP contribution in [0.4, 0.5) is 10.2 Å². The lowest BCUT2D eigenvalue weighted by molar-refractivity contribution is -0.126. The molecule has 1 aliphatic rings. The van der Waals surface area contributed by atoms with Gasteiger partial charge in [0.15, 0.2) is 0 Å². The number of amides is 1. The first-order valence-corrected chi connectivity index (χ1v) is 13.3. The smallest absolute Gasteiger partial charge is 0.318 e. The second kappa shape index (κ2) is 10.3. The fourth-order valence-electron chi connectivity index (χ4n) is 5.54. The topological polar surface area (TPSA) is 106 Å². The predicted octanol–water partition coefficient (Wildman–Crippen LogP) is 5.40. The van der Waals surface area contributed by atoms with Crippen molar-refractivity contribution in [3.05, 3.63) is 59.2 Å². The molecule has 2 aromatic carbocycles. The van der Waals surface area contributed by atoms with Gasteiger partial charge >= 0.3 is 6.01 Å². The lowest BCUT2D eigenvalue weighted by Crippen LogP contribution is -2.45. The Morgan fingerprint density at radius 2 is 2.05 bits per heavy atom. The van der Waals surface area contributed by atoms with Gasteiger partial charge in [-0.25, -0.2) is 4.39 Å². The van der Waals surface area contributed by atoms with Gasteiger partial charge in [0.2, 0.25) is 5.91 Å².